The van der Waals surface area contributed by atoms with Crippen molar-refractivity contribution in [3.05, 3.63) is 57.8 Å². The molecule has 2 aromatic rings. The molecular formula is C13H13N3O3. The number of benzene rings is 1. The molecule has 6 heteroatoms. The van der Waals surface area contributed by atoms with Crippen LogP contribution in [-0.2, 0) is 0 Å². The van der Waals surface area contributed by atoms with Gasteiger partial charge in [-0.3, -0.25) is 9.59 Å². The minimum Gasteiger partial charge on any atom is -0.501 e. The Morgan fingerprint density at radius 3 is 2.58 bits per heavy atom. The summed E-state index contributed by atoms with van der Waals surface area (Å²) in [6, 6.07) is 9.35. The van der Waals surface area contributed by atoms with E-state index in [1.165, 1.54) is 0 Å². The van der Waals surface area contributed by atoms with Crippen molar-refractivity contribution in [1.82, 2.24) is 9.97 Å². The summed E-state index contributed by atoms with van der Waals surface area (Å²) in [5.41, 5.74) is 4.81. The molecule has 19 heavy (non-hydrogen) atoms. The van der Waals surface area contributed by atoms with Gasteiger partial charge in [0.25, 0.3) is 11.5 Å². The van der Waals surface area contributed by atoms with Gasteiger partial charge in [0.15, 0.2) is 5.69 Å². The van der Waals surface area contributed by atoms with Gasteiger partial charge in [0, 0.05) is 5.92 Å². The first-order chi connectivity index (χ1) is 9.00. The van der Waals surface area contributed by atoms with Crippen molar-refractivity contribution in [2.75, 3.05) is 0 Å². The number of nitrogens with two attached hydrogens (primary N) is 1. The molecule has 4 N–H and O–H groups in total. The Morgan fingerprint density at radius 2 is 2.00 bits per heavy atom. The van der Waals surface area contributed by atoms with Crippen molar-refractivity contribution >= 4 is 5.91 Å². The number of carbonyl (C=O) groups excluding carboxylic acids is 1. The minimum absolute atomic E-state index is 0.229. The normalized spacial score (nSPS) is 12.1. The number of nitrogens with one attached hydrogen (secondary N) is 1. The molecule has 1 amide bonds. The number of hydrogen-bond donors (Lipinski definition) is 3. The van der Waals surface area contributed by atoms with Crippen LogP contribution in [0, 0.1) is 0 Å². The molecule has 0 fully saturated rings. The summed E-state index contributed by atoms with van der Waals surface area (Å²) < 4.78 is 0. The zero-order valence-electron chi connectivity index (χ0n) is 10.3. The van der Waals surface area contributed by atoms with Crippen LogP contribution >= 0.6 is 0 Å². The van der Waals surface area contributed by atoms with Crippen molar-refractivity contribution in [2.45, 2.75) is 12.8 Å². The molecule has 0 radical (unpaired) electrons. The maximum Gasteiger partial charge on any atom is 0.293 e. The number of carbonyl (C=O) groups is 1. The van der Waals surface area contributed by atoms with Crippen molar-refractivity contribution in [3.63, 3.8) is 0 Å². The summed E-state index contributed by atoms with van der Waals surface area (Å²) in [4.78, 5) is 29.1. The second kappa shape index (κ2) is 4.93. The number of H-pyrrole nitrogens is 1. The van der Waals surface area contributed by atoms with Crippen molar-refractivity contribution in [1.29, 1.82) is 0 Å². The number of aromatic nitrogens is 2. The van der Waals surface area contributed by atoms with Crippen LogP contribution in [-0.4, -0.2) is 21.0 Å². The highest BCUT2D eigenvalue weighted by Gasteiger charge is 2.18. The Morgan fingerprint density at radius 1 is 1.37 bits per heavy atom. The Bertz CT molecular complexity index is 665. The van der Waals surface area contributed by atoms with Gasteiger partial charge in [-0.2, -0.15) is 0 Å². The maximum absolute atomic E-state index is 11.5. The van der Waals surface area contributed by atoms with E-state index in [1.54, 1.807) is 0 Å². The number of aromatic amines is 1. The molecule has 2 rings (SSSR count). The Hall–Kier alpha value is -2.63. The fourth-order valence-electron chi connectivity index (χ4n) is 1.76. The molecule has 6 nitrogen and oxygen atoms in total. The molecule has 0 bridgehead atoms. The number of amides is 1. The lowest BCUT2D eigenvalue weighted by atomic mass is 10.0. The number of aromatic hydroxyl groups is 1. The average Bonchev–Trinajstić information content (AvgIpc) is 2.41. The molecule has 0 spiro atoms. The van der Waals surface area contributed by atoms with Crippen molar-refractivity contribution < 1.29 is 9.90 Å². The van der Waals surface area contributed by atoms with Crippen LogP contribution in [0.25, 0.3) is 0 Å². The monoisotopic (exact) mass is 259 g/mol. The predicted octanol–water partition coefficient (Wildman–Crippen LogP) is 0.726. The molecule has 1 atom stereocenters. The summed E-state index contributed by atoms with van der Waals surface area (Å²) in [7, 11) is 0. The van der Waals surface area contributed by atoms with Gasteiger partial charge in [0.1, 0.15) is 5.82 Å². The van der Waals surface area contributed by atoms with Crippen LogP contribution in [0.3, 0.4) is 0 Å². The van der Waals surface area contributed by atoms with E-state index < -0.39 is 22.9 Å². The second-order valence-corrected chi connectivity index (χ2v) is 4.15. The first-order valence-electron chi connectivity index (χ1n) is 5.68. The highest BCUT2D eigenvalue weighted by Crippen LogP contribution is 2.21. The zero-order chi connectivity index (χ0) is 14.0. The summed E-state index contributed by atoms with van der Waals surface area (Å²) in [5, 5.41) is 9.44. The lowest BCUT2D eigenvalue weighted by Crippen LogP contribution is -2.22. The van der Waals surface area contributed by atoms with Gasteiger partial charge in [-0.25, -0.2) is 4.98 Å². The topological polar surface area (TPSA) is 109 Å². The average molecular weight is 259 g/mol. The Kier molecular flexibility index (Phi) is 3.33. The highest BCUT2D eigenvalue weighted by atomic mass is 16.3. The molecule has 1 aromatic carbocycles. The Balaban J connectivity index is 2.52. The highest BCUT2D eigenvalue weighted by molar-refractivity contribution is 5.93. The molecule has 1 unspecified atom stereocenters. The number of primary amides is 1. The van der Waals surface area contributed by atoms with E-state index in [2.05, 4.69) is 9.97 Å². The minimum atomic E-state index is -0.940. The van der Waals surface area contributed by atoms with E-state index in [1.807, 2.05) is 37.3 Å². The van der Waals surface area contributed by atoms with Crippen LogP contribution in [0.15, 0.2) is 35.1 Å². The van der Waals surface area contributed by atoms with E-state index in [-0.39, 0.29) is 11.7 Å². The van der Waals surface area contributed by atoms with Gasteiger partial charge < -0.3 is 15.8 Å². The molecule has 1 aromatic heterocycles. The zero-order valence-corrected chi connectivity index (χ0v) is 10.3. The third-order valence-corrected chi connectivity index (χ3v) is 2.86. The van der Waals surface area contributed by atoms with Crippen LogP contribution in [0.2, 0.25) is 0 Å². The third kappa shape index (κ3) is 2.47. The largest absolute Gasteiger partial charge is 0.501 e. The van der Waals surface area contributed by atoms with Gasteiger partial charge in [-0.05, 0) is 5.56 Å². The summed E-state index contributed by atoms with van der Waals surface area (Å²) in [6.07, 6.45) is 0. The maximum atomic E-state index is 11.5. The fraction of sp³-hybridized carbons (Fsp3) is 0.154. The Labute approximate surface area is 108 Å². The second-order valence-electron chi connectivity index (χ2n) is 4.15. The van der Waals surface area contributed by atoms with E-state index >= 15 is 0 Å². The smallest absolute Gasteiger partial charge is 0.293 e. The van der Waals surface area contributed by atoms with E-state index in [4.69, 9.17) is 5.73 Å². The molecule has 0 aliphatic rings. The molecule has 0 aliphatic heterocycles. The molecule has 98 valence electrons. The standard InChI is InChI=1S/C13H13N3O3/c1-7(8-5-3-2-4-6-8)12-15-9(11(14)18)10(17)13(19)16-12/h2-7,17H,1H3,(H2,14,18)(H,15,16,19). The summed E-state index contributed by atoms with van der Waals surface area (Å²) in [6.45, 7) is 1.83. The van der Waals surface area contributed by atoms with Crippen LogP contribution in [0.5, 0.6) is 5.75 Å². The van der Waals surface area contributed by atoms with Crippen molar-refractivity contribution in [2.24, 2.45) is 5.73 Å². The molecule has 0 saturated carbocycles. The summed E-state index contributed by atoms with van der Waals surface area (Å²) in [5.74, 6) is -1.64. The first kappa shape index (κ1) is 12.8. The van der Waals surface area contributed by atoms with Gasteiger partial charge in [-0.15, -0.1) is 0 Å². The van der Waals surface area contributed by atoms with E-state index in [0.717, 1.165) is 5.56 Å². The van der Waals surface area contributed by atoms with Gasteiger partial charge in [-0.1, -0.05) is 37.3 Å². The number of nitrogens with zero attached hydrogens (tertiary/aromatic N) is 1. The van der Waals surface area contributed by atoms with Gasteiger partial charge in [0.05, 0.1) is 0 Å². The van der Waals surface area contributed by atoms with E-state index in [9.17, 15) is 14.7 Å². The van der Waals surface area contributed by atoms with Crippen LogP contribution in [0.1, 0.15) is 34.7 Å². The van der Waals surface area contributed by atoms with Crippen molar-refractivity contribution in [3.8, 4) is 5.75 Å². The molecule has 0 saturated heterocycles. The molecule has 1 heterocycles. The summed E-state index contributed by atoms with van der Waals surface area (Å²) >= 11 is 0. The fourth-order valence-corrected chi connectivity index (χ4v) is 1.76. The van der Waals surface area contributed by atoms with Crippen LogP contribution in [0.4, 0.5) is 0 Å². The van der Waals surface area contributed by atoms with Crippen LogP contribution < -0.4 is 11.3 Å². The van der Waals surface area contributed by atoms with E-state index in [0.29, 0.717) is 0 Å². The first-order valence-corrected chi connectivity index (χ1v) is 5.68. The number of hydrogen-bond acceptors (Lipinski definition) is 4. The number of rotatable bonds is 3. The molecule has 0 aliphatic carbocycles. The SMILES string of the molecule is CC(c1ccccc1)c1nc(C(N)=O)c(O)c(=O)[nH]1. The van der Waals surface area contributed by atoms with Gasteiger partial charge in [0.2, 0.25) is 5.75 Å². The molecular weight excluding hydrogens is 246 g/mol. The quantitative estimate of drug-likeness (QED) is 0.754. The lowest BCUT2D eigenvalue weighted by molar-refractivity contribution is 0.0992. The lowest BCUT2D eigenvalue weighted by Gasteiger charge is -2.12. The van der Waals surface area contributed by atoms with Gasteiger partial charge >= 0.3 is 0 Å². The third-order valence-electron chi connectivity index (χ3n) is 2.86. The predicted molar refractivity (Wildman–Crippen MR) is 69.0 cm³/mol.